The Kier molecular flexibility index (Phi) is 13.5. The van der Waals surface area contributed by atoms with Gasteiger partial charge in [0.1, 0.15) is 0 Å². The first kappa shape index (κ1) is 17.6. The van der Waals surface area contributed by atoms with E-state index in [2.05, 4.69) is 20.1 Å². The van der Waals surface area contributed by atoms with Gasteiger partial charge in [-0.25, -0.2) is 0 Å². The molecule has 16 heavy (non-hydrogen) atoms. The summed E-state index contributed by atoms with van der Waals surface area (Å²) in [5.74, 6) is -0.174. The Bertz CT molecular complexity index is 197. The van der Waals surface area contributed by atoms with Gasteiger partial charge in [-0.15, -0.1) is 25.6 Å². The van der Waals surface area contributed by atoms with E-state index in [9.17, 15) is 4.79 Å². The Labute approximate surface area is 105 Å². The monoisotopic (exact) mass is 247 g/mol. The van der Waals surface area contributed by atoms with Crippen molar-refractivity contribution in [3.63, 3.8) is 0 Å². The van der Waals surface area contributed by atoms with Crippen molar-refractivity contribution in [1.29, 1.82) is 0 Å². The van der Waals surface area contributed by atoms with Crippen LogP contribution in [0.3, 0.4) is 0 Å². The molecule has 0 saturated carbocycles. The van der Waals surface area contributed by atoms with E-state index in [4.69, 9.17) is 4.74 Å². The number of nitrogens with zero attached hydrogens (tertiary/aromatic N) is 1. The van der Waals surface area contributed by atoms with Crippen LogP contribution in [0.5, 0.6) is 0 Å². The molecule has 94 valence electrons. The predicted octanol–water partition coefficient (Wildman–Crippen LogP) is 2.43. The van der Waals surface area contributed by atoms with E-state index in [0.29, 0.717) is 26.2 Å². The third kappa shape index (κ3) is 9.74. The van der Waals surface area contributed by atoms with Crippen molar-refractivity contribution in [1.82, 2.24) is 4.90 Å². The number of esters is 1. The van der Waals surface area contributed by atoms with E-state index in [-0.39, 0.29) is 18.4 Å². The molecule has 0 aliphatic rings. The predicted molar refractivity (Wildman–Crippen MR) is 69.9 cm³/mol. The minimum atomic E-state index is -0.174. The van der Waals surface area contributed by atoms with Gasteiger partial charge in [-0.1, -0.05) is 25.5 Å². The van der Waals surface area contributed by atoms with Crippen molar-refractivity contribution in [3.05, 3.63) is 25.3 Å². The first-order valence-corrected chi connectivity index (χ1v) is 5.34. The third-order valence-corrected chi connectivity index (χ3v) is 1.89. The molecular weight excluding hydrogens is 226 g/mol. The number of carbonyl (C=O) groups excluding carboxylic acids is 1. The fraction of sp³-hybridized carbons (Fsp3) is 0.583. The van der Waals surface area contributed by atoms with Gasteiger partial charge >= 0.3 is 5.97 Å². The molecule has 0 atom stereocenters. The number of ether oxygens (including phenoxy) is 1. The van der Waals surface area contributed by atoms with Crippen LogP contribution in [0.1, 0.15) is 19.8 Å². The number of halogens is 1. The zero-order valence-corrected chi connectivity index (χ0v) is 10.8. The maximum Gasteiger partial charge on any atom is 0.320 e. The van der Waals surface area contributed by atoms with Gasteiger partial charge in [0, 0.05) is 13.1 Å². The minimum Gasteiger partial charge on any atom is -0.465 e. The average molecular weight is 248 g/mol. The SMILES string of the molecule is C=CCN(CC=C)CC(=O)OCCCC.Cl. The molecule has 4 heteroatoms. The maximum atomic E-state index is 11.3. The summed E-state index contributed by atoms with van der Waals surface area (Å²) in [4.78, 5) is 13.3. The Morgan fingerprint density at radius 1 is 1.31 bits per heavy atom. The third-order valence-electron chi connectivity index (χ3n) is 1.89. The smallest absolute Gasteiger partial charge is 0.320 e. The van der Waals surface area contributed by atoms with Gasteiger partial charge in [-0.05, 0) is 6.42 Å². The molecule has 0 fully saturated rings. The van der Waals surface area contributed by atoms with E-state index >= 15 is 0 Å². The molecule has 0 aromatic heterocycles. The van der Waals surface area contributed by atoms with Crippen LogP contribution in [0.4, 0.5) is 0 Å². The van der Waals surface area contributed by atoms with Gasteiger partial charge < -0.3 is 4.74 Å². The van der Waals surface area contributed by atoms with Crippen molar-refractivity contribution in [2.24, 2.45) is 0 Å². The normalized spacial score (nSPS) is 9.38. The first-order valence-electron chi connectivity index (χ1n) is 5.34. The standard InChI is InChI=1S/C12H21NO2.ClH/c1-4-7-10-15-12(14)11-13(8-5-2)9-6-3;/h5-6H,2-4,7-11H2,1H3;1H. The molecule has 0 saturated heterocycles. The topological polar surface area (TPSA) is 29.5 Å². The van der Waals surface area contributed by atoms with Crippen molar-refractivity contribution >= 4 is 18.4 Å². The highest BCUT2D eigenvalue weighted by Crippen LogP contribution is 1.93. The highest BCUT2D eigenvalue weighted by atomic mass is 35.5. The summed E-state index contributed by atoms with van der Waals surface area (Å²) in [7, 11) is 0. The van der Waals surface area contributed by atoms with Gasteiger partial charge in [-0.2, -0.15) is 0 Å². The molecule has 0 N–H and O–H groups in total. The number of carbonyl (C=O) groups is 1. The van der Waals surface area contributed by atoms with Gasteiger partial charge in [0.25, 0.3) is 0 Å². The van der Waals surface area contributed by atoms with Crippen LogP contribution in [-0.2, 0) is 9.53 Å². The van der Waals surface area contributed by atoms with Gasteiger partial charge in [-0.3, -0.25) is 9.69 Å². The lowest BCUT2D eigenvalue weighted by Gasteiger charge is -2.17. The molecule has 0 amide bonds. The van der Waals surface area contributed by atoms with Crippen molar-refractivity contribution < 1.29 is 9.53 Å². The first-order chi connectivity index (χ1) is 7.24. The van der Waals surface area contributed by atoms with Crippen LogP contribution in [0, 0.1) is 0 Å². The summed E-state index contributed by atoms with van der Waals surface area (Å²) in [6, 6.07) is 0. The zero-order valence-electron chi connectivity index (χ0n) is 9.98. The Morgan fingerprint density at radius 2 is 1.88 bits per heavy atom. The molecule has 0 rings (SSSR count). The van der Waals surface area contributed by atoms with Gasteiger partial charge in [0.05, 0.1) is 13.2 Å². The van der Waals surface area contributed by atoms with Crippen LogP contribution < -0.4 is 0 Å². The fourth-order valence-corrected chi connectivity index (χ4v) is 1.13. The molecule has 3 nitrogen and oxygen atoms in total. The quantitative estimate of drug-likeness (QED) is 0.356. The molecule has 0 aliphatic carbocycles. The molecule has 0 bridgehead atoms. The second kappa shape index (κ2) is 12.3. The van der Waals surface area contributed by atoms with Crippen LogP contribution in [0.25, 0.3) is 0 Å². The highest BCUT2D eigenvalue weighted by molar-refractivity contribution is 5.85. The summed E-state index contributed by atoms with van der Waals surface area (Å²) in [6.07, 6.45) is 5.50. The second-order valence-corrected chi connectivity index (χ2v) is 3.35. The summed E-state index contributed by atoms with van der Waals surface area (Å²) in [6.45, 7) is 11.5. The molecule has 0 unspecified atom stereocenters. The van der Waals surface area contributed by atoms with Crippen molar-refractivity contribution in [3.8, 4) is 0 Å². The van der Waals surface area contributed by atoms with Crippen LogP contribution >= 0.6 is 12.4 Å². The molecule has 0 aromatic carbocycles. The summed E-state index contributed by atoms with van der Waals surface area (Å²) >= 11 is 0. The van der Waals surface area contributed by atoms with Crippen LogP contribution in [-0.4, -0.2) is 37.1 Å². The number of unbranched alkanes of at least 4 members (excludes halogenated alkanes) is 1. The summed E-state index contributed by atoms with van der Waals surface area (Å²) in [5.41, 5.74) is 0. The Balaban J connectivity index is 0. The largest absolute Gasteiger partial charge is 0.465 e. The Hall–Kier alpha value is -0.800. The molecule has 0 radical (unpaired) electrons. The highest BCUT2D eigenvalue weighted by Gasteiger charge is 2.08. The van der Waals surface area contributed by atoms with E-state index in [1.807, 2.05) is 4.90 Å². The molecule has 0 aromatic rings. The number of rotatable bonds is 9. The lowest BCUT2D eigenvalue weighted by Crippen LogP contribution is -2.31. The lowest BCUT2D eigenvalue weighted by molar-refractivity contribution is -0.144. The summed E-state index contributed by atoms with van der Waals surface area (Å²) in [5, 5.41) is 0. The Morgan fingerprint density at radius 3 is 2.31 bits per heavy atom. The number of hydrogen-bond acceptors (Lipinski definition) is 3. The van der Waals surface area contributed by atoms with Crippen LogP contribution in [0.15, 0.2) is 25.3 Å². The molecule has 0 spiro atoms. The van der Waals surface area contributed by atoms with Crippen LogP contribution in [0.2, 0.25) is 0 Å². The van der Waals surface area contributed by atoms with E-state index in [1.54, 1.807) is 12.2 Å². The van der Waals surface area contributed by atoms with Crippen molar-refractivity contribution in [2.75, 3.05) is 26.2 Å². The minimum absolute atomic E-state index is 0. The zero-order chi connectivity index (χ0) is 11.5. The second-order valence-electron chi connectivity index (χ2n) is 3.35. The van der Waals surface area contributed by atoms with E-state index < -0.39 is 0 Å². The molecular formula is C12H22ClNO2. The van der Waals surface area contributed by atoms with Crippen molar-refractivity contribution in [2.45, 2.75) is 19.8 Å². The summed E-state index contributed by atoms with van der Waals surface area (Å²) < 4.78 is 5.06. The fourth-order valence-electron chi connectivity index (χ4n) is 1.13. The van der Waals surface area contributed by atoms with Gasteiger partial charge in [0.2, 0.25) is 0 Å². The van der Waals surface area contributed by atoms with E-state index in [0.717, 1.165) is 12.8 Å². The molecule has 0 aliphatic heterocycles. The molecule has 0 heterocycles. The van der Waals surface area contributed by atoms with E-state index in [1.165, 1.54) is 0 Å². The maximum absolute atomic E-state index is 11.3. The van der Waals surface area contributed by atoms with Gasteiger partial charge in [0.15, 0.2) is 0 Å². The lowest BCUT2D eigenvalue weighted by atomic mass is 10.4. The average Bonchev–Trinajstić information content (AvgIpc) is 2.19. The number of hydrogen-bond donors (Lipinski definition) is 0.